The number of nitrogens with one attached hydrogen (secondary N) is 1. The SMILES string of the molecule is C[C@@H](Cc1cccc([N+](=O)[O-])c1)NC(=O)C(=O)C(F)(F)F. The van der Waals surface area contributed by atoms with E-state index in [9.17, 15) is 32.9 Å². The van der Waals surface area contributed by atoms with Crippen LogP contribution in [0.25, 0.3) is 0 Å². The van der Waals surface area contributed by atoms with Gasteiger partial charge in [0.2, 0.25) is 0 Å². The molecule has 0 bridgehead atoms. The fourth-order valence-electron chi connectivity index (χ4n) is 1.62. The number of nitro groups is 1. The maximum absolute atomic E-state index is 12.0. The fourth-order valence-corrected chi connectivity index (χ4v) is 1.62. The molecule has 0 saturated heterocycles. The Balaban J connectivity index is 2.68. The van der Waals surface area contributed by atoms with Crippen molar-refractivity contribution in [3.8, 4) is 0 Å². The highest BCUT2D eigenvalue weighted by Gasteiger charge is 2.43. The summed E-state index contributed by atoms with van der Waals surface area (Å²) in [5.41, 5.74) is 0.286. The number of alkyl halides is 3. The number of hydrogen-bond acceptors (Lipinski definition) is 4. The van der Waals surface area contributed by atoms with Gasteiger partial charge in [0, 0.05) is 18.2 Å². The quantitative estimate of drug-likeness (QED) is 0.510. The highest BCUT2D eigenvalue weighted by atomic mass is 19.4. The molecule has 0 aliphatic rings. The lowest BCUT2D eigenvalue weighted by atomic mass is 10.1. The highest BCUT2D eigenvalue weighted by molar-refractivity contribution is 6.38. The Kier molecular flexibility index (Phi) is 5.01. The molecule has 21 heavy (non-hydrogen) atoms. The minimum atomic E-state index is -5.23. The number of nitro benzene ring substituents is 1. The van der Waals surface area contributed by atoms with Crippen LogP contribution in [0.3, 0.4) is 0 Å². The maximum Gasteiger partial charge on any atom is 0.460 e. The van der Waals surface area contributed by atoms with Gasteiger partial charge >= 0.3 is 12.0 Å². The molecule has 6 nitrogen and oxygen atoms in total. The van der Waals surface area contributed by atoms with Gasteiger partial charge in [-0.1, -0.05) is 12.1 Å². The third-order valence-corrected chi connectivity index (χ3v) is 2.50. The summed E-state index contributed by atoms with van der Waals surface area (Å²) in [5, 5.41) is 12.5. The van der Waals surface area contributed by atoms with Crippen LogP contribution in [-0.4, -0.2) is 28.8 Å². The molecule has 0 aromatic heterocycles. The predicted octanol–water partition coefficient (Wildman–Crippen LogP) is 1.77. The molecule has 9 heteroatoms. The second kappa shape index (κ2) is 6.33. The van der Waals surface area contributed by atoms with Crippen LogP contribution in [0.15, 0.2) is 24.3 Å². The van der Waals surface area contributed by atoms with Crippen molar-refractivity contribution in [3.63, 3.8) is 0 Å². The molecule has 0 fully saturated rings. The van der Waals surface area contributed by atoms with Crippen LogP contribution < -0.4 is 5.32 Å². The molecule has 0 heterocycles. The van der Waals surface area contributed by atoms with Crippen molar-refractivity contribution in [1.29, 1.82) is 0 Å². The fraction of sp³-hybridized carbons (Fsp3) is 0.333. The second-order valence-electron chi connectivity index (χ2n) is 4.33. The highest BCUT2D eigenvalue weighted by Crippen LogP contribution is 2.17. The maximum atomic E-state index is 12.0. The molecule has 1 aromatic carbocycles. The minimum absolute atomic E-state index is 0.0541. The molecule has 0 spiro atoms. The Labute approximate surface area is 117 Å². The van der Waals surface area contributed by atoms with Crippen molar-refractivity contribution in [3.05, 3.63) is 39.9 Å². The van der Waals surface area contributed by atoms with E-state index in [1.54, 1.807) is 0 Å². The van der Waals surface area contributed by atoms with E-state index in [0.717, 1.165) is 0 Å². The molecular formula is C12H11F3N2O4. The van der Waals surface area contributed by atoms with Crippen LogP contribution >= 0.6 is 0 Å². The Bertz CT molecular complexity index is 572. The molecule has 1 rings (SSSR count). The van der Waals surface area contributed by atoms with Gasteiger partial charge in [-0.25, -0.2) is 0 Å². The number of benzene rings is 1. The van der Waals surface area contributed by atoms with E-state index in [4.69, 9.17) is 0 Å². The van der Waals surface area contributed by atoms with Gasteiger partial charge in [0.1, 0.15) is 0 Å². The third kappa shape index (κ3) is 4.86. The van der Waals surface area contributed by atoms with Gasteiger partial charge in [-0.05, 0) is 18.9 Å². The summed E-state index contributed by atoms with van der Waals surface area (Å²) in [7, 11) is 0. The van der Waals surface area contributed by atoms with Crippen molar-refractivity contribution >= 4 is 17.4 Å². The second-order valence-corrected chi connectivity index (χ2v) is 4.33. The summed E-state index contributed by atoms with van der Waals surface area (Å²) in [6, 6.07) is 4.67. The molecule has 1 aromatic rings. The third-order valence-electron chi connectivity index (χ3n) is 2.50. The van der Waals surface area contributed by atoms with E-state index in [1.165, 1.54) is 31.2 Å². The number of halogens is 3. The monoisotopic (exact) mass is 304 g/mol. The number of Topliss-reactive ketones (excluding diaryl/α,β-unsaturated/α-hetero) is 1. The van der Waals surface area contributed by atoms with Gasteiger partial charge in [-0.15, -0.1) is 0 Å². The lowest BCUT2D eigenvalue weighted by Crippen LogP contribution is -2.44. The van der Waals surface area contributed by atoms with Crippen molar-refractivity contribution in [2.75, 3.05) is 0 Å². The number of carbonyl (C=O) groups excluding carboxylic acids is 2. The molecule has 1 N–H and O–H groups in total. The Morgan fingerprint density at radius 3 is 2.52 bits per heavy atom. The molecular weight excluding hydrogens is 293 g/mol. The molecule has 0 aliphatic heterocycles. The van der Waals surface area contributed by atoms with Crippen LogP contribution in [-0.2, 0) is 16.0 Å². The van der Waals surface area contributed by atoms with Crippen LogP contribution in [0.1, 0.15) is 12.5 Å². The van der Waals surface area contributed by atoms with Crippen molar-refractivity contribution in [1.82, 2.24) is 5.32 Å². The molecule has 1 atom stereocenters. The van der Waals surface area contributed by atoms with Crippen LogP contribution in [0.5, 0.6) is 0 Å². The van der Waals surface area contributed by atoms with Crippen LogP contribution in [0.4, 0.5) is 18.9 Å². The lowest BCUT2D eigenvalue weighted by Gasteiger charge is -2.14. The van der Waals surface area contributed by atoms with E-state index >= 15 is 0 Å². The van der Waals surface area contributed by atoms with E-state index in [0.29, 0.717) is 5.56 Å². The summed E-state index contributed by atoms with van der Waals surface area (Å²) < 4.78 is 36.1. The number of rotatable bonds is 5. The largest absolute Gasteiger partial charge is 0.460 e. The number of non-ortho nitro benzene ring substituents is 1. The normalized spacial score (nSPS) is 12.6. The average molecular weight is 304 g/mol. The smallest absolute Gasteiger partial charge is 0.346 e. The first-order valence-corrected chi connectivity index (χ1v) is 5.76. The Hall–Kier alpha value is -2.45. The average Bonchev–Trinajstić information content (AvgIpc) is 2.36. The molecule has 1 amide bonds. The van der Waals surface area contributed by atoms with Crippen molar-refractivity contribution in [2.24, 2.45) is 0 Å². The number of amides is 1. The minimum Gasteiger partial charge on any atom is -0.346 e. The summed E-state index contributed by atoms with van der Waals surface area (Å²) in [6.07, 6.45) is -5.17. The number of carbonyl (C=O) groups is 2. The van der Waals surface area contributed by atoms with Crippen molar-refractivity contribution in [2.45, 2.75) is 25.6 Å². The van der Waals surface area contributed by atoms with Crippen LogP contribution in [0.2, 0.25) is 0 Å². The zero-order chi connectivity index (χ0) is 16.2. The first kappa shape index (κ1) is 16.6. The van der Waals surface area contributed by atoms with Crippen LogP contribution in [0, 0.1) is 10.1 Å². The standard InChI is InChI=1S/C12H11F3N2O4/c1-7(16-11(19)10(18)12(13,14)15)5-8-3-2-4-9(6-8)17(20)21/h2-4,6-7H,5H2,1H3,(H,16,19)/t7-/m0/s1. The lowest BCUT2D eigenvalue weighted by molar-refractivity contribution is -0.384. The van der Waals surface area contributed by atoms with E-state index < -0.39 is 28.8 Å². The van der Waals surface area contributed by atoms with Gasteiger partial charge < -0.3 is 5.32 Å². The summed E-state index contributed by atoms with van der Waals surface area (Å²) in [4.78, 5) is 31.7. The predicted molar refractivity (Wildman–Crippen MR) is 65.5 cm³/mol. The van der Waals surface area contributed by atoms with E-state index in [2.05, 4.69) is 0 Å². The molecule has 0 unspecified atom stereocenters. The number of hydrogen-bond donors (Lipinski definition) is 1. The van der Waals surface area contributed by atoms with Gasteiger partial charge in [0.05, 0.1) is 4.92 Å². The summed E-state index contributed by atoms with van der Waals surface area (Å²) >= 11 is 0. The molecule has 114 valence electrons. The number of nitrogens with zero attached hydrogens (tertiary/aromatic N) is 1. The first-order chi connectivity index (χ1) is 9.61. The van der Waals surface area contributed by atoms with Crippen molar-refractivity contribution < 1.29 is 27.7 Å². The van der Waals surface area contributed by atoms with E-state index in [1.807, 2.05) is 5.32 Å². The zero-order valence-corrected chi connectivity index (χ0v) is 10.8. The summed E-state index contributed by atoms with van der Waals surface area (Å²) in [6.45, 7) is 1.39. The molecule has 0 radical (unpaired) electrons. The first-order valence-electron chi connectivity index (χ1n) is 5.76. The van der Waals surface area contributed by atoms with Gasteiger partial charge in [-0.2, -0.15) is 13.2 Å². The molecule has 0 aliphatic carbocycles. The van der Waals surface area contributed by atoms with Gasteiger partial charge in [0.25, 0.3) is 11.6 Å². The summed E-state index contributed by atoms with van der Waals surface area (Å²) in [5.74, 6) is -4.23. The topological polar surface area (TPSA) is 89.3 Å². The number of ketones is 1. The zero-order valence-electron chi connectivity index (χ0n) is 10.8. The Morgan fingerprint density at radius 1 is 1.38 bits per heavy atom. The van der Waals surface area contributed by atoms with Gasteiger partial charge in [0.15, 0.2) is 0 Å². The van der Waals surface area contributed by atoms with Gasteiger partial charge in [-0.3, -0.25) is 19.7 Å². The van der Waals surface area contributed by atoms with E-state index in [-0.39, 0.29) is 12.1 Å². The molecule has 0 saturated carbocycles. The Morgan fingerprint density at radius 2 is 2.00 bits per heavy atom.